The van der Waals surface area contributed by atoms with Gasteiger partial charge >= 0.3 is 0 Å². The van der Waals surface area contributed by atoms with E-state index in [-0.39, 0.29) is 0 Å². The molecule has 0 bridgehead atoms. The van der Waals surface area contributed by atoms with Gasteiger partial charge in [0.1, 0.15) is 16.1 Å². The molecule has 9 aromatic rings. The maximum Gasteiger partial charge on any atom is 0.117 e. The van der Waals surface area contributed by atoms with E-state index in [9.17, 15) is 0 Å². The zero-order valence-corrected chi connectivity index (χ0v) is 39.1. The standard InChI is InChI=1S/C58H52N2Si2/c1-37-25-29-43(39(3)33-37)57-45-31-27-42(60-51-19-11-15-23-55(51)62(7,8)56-24-16-12-20-52(56)60)36-48(45)58(44-30-26-38(2)34-40(44)4)46-32-28-41(35-47(46)57)59-49-17-9-13-21-53(49)61(5,6)54-22-14-10-18-50(54)59/h9-36H,1-8H3. The van der Waals surface area contributed by atoms with Crippen molar-refractivity contribution in [3.63, 3.8) is 0 Å². The van der Waals surface area contributed by atoms with Gasteiger partial charge in [-0.05, 0) is 152 Å². The average Bonchev–Trinajstić information content (AvgIpc) is 3.26. The van der Waals surface area contributed by atoms with Crippen molar-refractivity contribution in [1.82, 2.24) is 0 Å². The summed E-state index contributed by atoms with van der Waals surface area (Å²) >= 11 is 0. The van der Waals surface area contributed by atoms with E-state index in [2.05, 4.69) is 234 Å². The van der Waals surface area contributed by atoms with Gasteiger partial charge in [-0.2, -0.15) is 0 Å². The van der Waals surface area contributed by atoms with E-state index in [4.69, 9.17) is 0 Å². The fraction of sp³-hybridized carbons (Fsp3) is 0.138. The van der Waals surface area contributed by atoms with Crippen molar-refractivity contribution >= 4 is 92.6 Å². The highest BCUT2D eigenvalue weighted by atomic mass is 28.3. The summed E-state index contributed by atoms with van der Waals surface area (Å²) in [5.74, 6) is 0. The molecule has 0 N–H and O–H groups in total. The van der Waals surface area contributed by atoms with Gasteiger partial charge in [0, 0.05) is 34.1 Å². The van der Waals surface area contributed by atoms with Gasteiger partial charge in [0.15, 0.2) is 0 Å². The molecule has 0 atom stereocenters. The Morgan fingerprint density at radius 1 is 0.323 bits per heavy atom. The Bertz CT molecular complexity index is 3000. The van der Waals surface area contributed by atoms with E-state index >= 15 is 0 Å². The molecule has 4 heteroatoms. The predicted octanol–water partition coefficient (Wildman–Crippen LogP) is 13.8. The first-order chi connectivity index (χ1) is 29.9. The van der Waals surface area contributed by atoms with Gasteiger partial charge in [-0.3, -0.25) is 0 Å². The molecule has 2 heterocycles. The number of rotatable bonds is 4. The van der Waals surface area contributed by atoms with Crippen LogP contribution >= 0.6 is 0 Å². The van der Waals surface area contributed by atoms with Crippen LogP contribution in [0.5, 0.6) is 0 Å². The lowest BCUT2D eigenvalue weighted by atomic mass is 9.83. The van der Waals surface area contributed by atoms with Crippen LogP contribution in [0.3, 0.4) is 0 Å². The summed E-state index contributed by atoms with van der Waals surface area (Å²) in [6.45, 7) is 19.0. The number of fused-ring (bicyclic) bond motifs is 6. The van der Waals surface area contributed by atoms with Crippen molar-refractivity contribution in [2.24, 2.45) is 0 Å². The number of para-hydroxylation sites is 4. The van der Waals surface area contributed by atoms with Crippen LogP contribution in [-0.2, 0) is 0 Å². The van der Waals surface area contributed by atoms with E-state index in [0.717, 1.165) is 0 Å². The molecule has 2 aliphatic heterocycles. The Kier molecular flexibility index (Phi) is 8.70. The zero-order chi connectivity index (χ0) is 42.7. The molecule has 62 heavy (non-hydrogen) atoms. The molecule has 0 fully saturated rings. The Balaban J connectivity index is 1.26. The first-order valence-electron chi connectivity index (χ1n) is 22.1. The van der Waals surface area contributed by atoms with Crippen molar-refractivity contribution in [1.29, 1.82) is 0 Å². The molecule has 0 saturated heterocycles. The Hall–Kier alpha value is -6.47. The average molecular weight is 833 g/mol. The van der Waals surface area contributed by atoms with Gasteiger partial charge in [0.05, 0.1) is 0 Å². The van der Waals surface area contributed by atoms with Crippen LogP contribution < -0.4 is 30.5 Å². The number of nitrogens with zero attached hydrogens (tertiary/aromatic N) is 2. The van der Waals surface area contributed by atoms with Crippen molar-refractivity contribution in [3.8, 4) is 22.3 Å². The molecule has 9 aromatic carbocycles. The van der Waals surface area contributed by atoms with E-state index in [0.29, 0.717) is 0 Å². The first-order valence-corrected chi connectivity index (χ1v) is 28.1. The number of hydrogen-bond acceptors (Lipinski definition) is 2. The quantitative estimate of drug-likeness (QED) is 0.129. The minimum atomic E-state index is -1.95. The van der Waals surface area contributed by atoms with Crippen LogP contribution in [-0.4, -0.2) is 16.1 Å². The summed E-state index contributed by atoms with van der Waals surface area (Å²) in [5.41, 5.74) is 17.8. The molecule has 0 aromatic heterocycles. The predicted molar refractivity (Wildman–Crippen MR) is 274 cm³/mol. The molecule has 0 spiro atoms. The van der Waals surface area contributed by atoms with Crippen molar-refractivity contribution < 1.29 is 0 Å². The second-order valence-corrected chi connectivity index (χ2v) is 27.5. The molecule has 0 aliphatic carbocycles. The second kappa shape index (κ2) is 14.0. The molecule has 302 valence electrons. The van der Waals surface area contributed by atoms with Crippen LogP contribution in [0, 0.1) is 27.7 Å². The highest BCUT2D eigenvalue weighted by molar-refractivity contribution is 7.03. The summed E-state index contributed by atoms with van der Waals surface area (Å²) in [6.07, 6.45) is 0. The van der Waals surface area contributed by atoms with E-state index < -0.39 is 16.1 Å². The molecule has 0 amide bonds. The molecule has 0 unspecified atom stereocenters. The summed E-state index contributed by atoms with van der Waals surface area (Å²) in [4.78, 5) is 5.07. The van der Waals surface area contributed by atoms with Crippen LogP contribution in [0.1, 0.15) is 22.3 Å². The van der Waals surface area contributed by atoms with Crippen LogP contribution in [0.25, 0.3) is 43.8 Å². The van der Waals surface area contributed by atoms with E-state index in [1.807, 2.05) is 0 Å². The highest BCUT2D eigenvalue weighted by Gasteiger charge is 2.40. The third-order valence-electron chi connectivity index (χ3n) is 14.2. The van der Waals surface area contributed by atoms with Crippen LogP contribution in [0.2, 0.25) is 26.2 Å². The van der Waals surface area contributed by atoms with Gasteiger partial charge in [-0.25, -0.2) is 0 Å². The maximum atomic E-state index is 2.54. The number of benzene rings is 9. The Labute approximate surface area is 368 Å². The van der Waals surface area contributed by atoms with Gasteiger partial charge < -0.3 is 9.80 Å². The summed E-state index contributed by atoms with van der Waals surface area (Å²) in [5, 5.41) is 11.0. The minimum absolute atomic E-state index is 1.18. The summed E-state index contributed by atoms with van der Waals surface area (Å²) in [7, 11) is -3.91. The molecule has 2 aliphatic rings. The maximum absolute atomic E-state index is 2.54. The second-order valence-electron chi connectivity index (χ2n) is 18.8. The number of aryl methyl sites for hydroxylation is 4. The van der Waals surface area contributed by atoms with Crippen molar-refractivity contribution in [2.45, 2.75) is 53.9 Å². The molecular formula is C58H52N2Si2. The van der Waals surface area contributed by atoms with Crippen LogP contribution in [0.4, 0.5) is 34.1 Å². The SMILES string of the molecule is Cc1ccc(-c2c3ccc(N4c5ccccc5[Si](C)(C)c5ccccc54)cc3c(-c3ccc(C)cc3C)c3ccc(N4c5ccccc5[Si](C)(C)c5ccccc54)cc23)c(C)c1. The fourth-order valence-corrected chi connectivity index (χ4v) is 17.1. The fourth-order valence-electron chi connectivity index (χ4n) is 11.1. The Morgan fingerprint density at radius 2 is 0.645 bits per heavy atom. The number of hydrogen-bond donors (Lipinski definition) is 0. The molecule has 0 saturated carbocycles. The molecule has 11 rings (SSSR count). The van der Waals surface area contributed by atoms with E-state index in [1.165, 1.54) is 121 Å². The van der Waals surface area contributed by atoms with Gasteiger partial charge in [0.2, 0.25) is 0 Å². The largest absolute Gasteiger partial charge is 0.311 e. The summed E-state index contributed by atoms with van der Waals surface area (Å²) < 4.78 is 0. The number of anilines is 6. The lowest BCUT2D eigenvalue weighted by Crippen LogP contribution is -2.58. The smallest absolute Gasteiger partial charge is 0.117 e. The normalized spacial score (nSPS) is 14.6. The van der Waals surface area contributed by atoms with Crippen molar-refractivity contribution in [2.75, 3.05) is 9.80 Å². The van der Waals surface area contributed by atoms with E-state index in [1.54, 1.807) is 0 Å². The zero-order valence-electron chi connectivity index (χ0n) is 37.1. The van der Waals surface area contributed by atoms with Crippen molar-refractivity contribution in [3.05, 3.63) is 192 Å². The van der Waals surface area contributed by atoms with Gasteiger partial charge in [0.25, 0.3) is 0 Å². The third kappa shape index (κ3) is 5.66. The lowest BCUT2D eigenvalue weighted by Gasteiger charge is -2.41. The monoisotopic (exact) mass is 832 g/mol. The van der Waals surface area contributed by atoms with Gasteiger partial charge in [-0.15, -0.1) is 0 Å². The molecule has 2 nitrogen and oxygen atoms in total. The minimum Gasteiger partial charge on any atom is -0.311 e. The first kappa shape index (κ1) is 38.5. The van der Waals surface area contributed by atoms with Crippen LogP contribution in [0.15, 0.2) is 170 Å². The lowest BCUT2D eigenvalue weighted by molar-refractivity contribution is 1.29. The molecular weight excluding hydrogens is 781 g/mol. The molecule has 0 radical (unpaired) electrons. The van der Waals surface area contributed by atoms with Gasteiger partial charge in [-0.1, -0.05) is 159 Å². The summed E-state index contributed by atoms with van der Waals surface area (Å²) in [6, 6.07) is 65.1. The highest BCUT2D eigenvalue weighted by Crippen LogP contribution is 2.50. The topological polar surface area (TPSA) is 6.48 Å². The third-order valence-corrected chi connectivity index (χ3v) is 21.3. The Morgan fingerprint density at radius 3 is 0.968 bits per heavy atom.